The van der Waals surface area contributed by atoms with Crippen molar-refractivity contribution in [1.29, 1.82) is 0 Å². The van der Waals surface area contributed by atoms with Crippen molar-refractivity contribution in [2.75, 3.05) is 7.11 Å². The highest BCUT2D eigenvalue weighted by molar-refractivity contribution is 5.40. The number of hydrogen-bond acceptors (Lipinski definition) is 2. The van der Waals surface area contributed by atoms with Crippen LogP contribution in [0.15, 0.2) is 30.3 Å². The van der Waals surface area contributed by atoms with Crippen LogP contribution in [0.1, 0.15) is 52.9 Å². The molecule has 1 aromatic heterocycles. The number of aromatic nitrogens is 2. The number of nitrogens with zero attached hydrogens (tertiary/aromatic N) is 2. The van der Waals surface area contributed by atoms with E-state index in [-0.39, 0.29) is 10.8 Å². The third kappa shape index (κ3) is 3.29. The number of rotatable bonds is 2. The molecule has 3 nitrogen and oxygen atoms in total. The fraction of sp³-hybridized carbons (Fsp3) is 0.500. The minimum atomic E-state index is 0.0381. The van der Waals surface area contributed by atoms with E-state index < -0.39 is 0 Å². The second-order valence-corrected chi connectivity index (χ2v) is 7.52. The Morgan fingerprint density at radius 1 is 0.905 bits per heavy atom. The predicted molar refractivity (Wildman–Crippen MR) is 87.5 cm³/mol. The van der Waals surface area contributed by atoms with Crippen molar-refractivity contribution in [3.05, 3.63) is 41.7 Å². The summed E-state index contributed by atoms with van der Waals surface area (Å²) in [6.07, 6.45) is 0. The summed E-state index contributed by atoms with van der Waals surface area (Å²) in [5.41, 5.74) is 3.48. The van der Waals surface area contributed by atoms with Gasteiger partial charge in [0.05, 0.1) is 18.5 Å². The van der Waals surface area contributed by atoms with Crippen molar-refractivity contribution in [2.24, 2.45) is 0 Å². The van der Waals surface area contributed by atoms with Crippen LogP contribution >= 0.6 is 0 Å². The molecule has 1 aromatic carbocycles. The maximum atomic E-state index is 5.23. The first-order valence-electron chi connectivity index (χ1n) is 7.38. The summed E-state index contributed by atoms with van der Waals surface area (Å²) >= 11 is 0. The lowest BCUT2D eigenvalue weighted by molar-refractivity contribution is 0.414. The summed E-state index contributed by atoms with van der Waals surface area (Å²) in [7, 11) is 1.68. The second kappa shape index (κ2) is 5.21. The topological polar surface area (TPSA) is 27.1 Å². The summed E-state index contributed by atoms with van der Waals surface area (Å²) in [5.74, 6) is 0.860. The van der Waals surface area contributed by atoms with Gasteiger partial charge < -0.3 is 4.74 Å². The summed E-state index contributed by atoms with van der Waals surface area (Å²) in [5, 5.41) is 4.85. The highest BCUT2D eigenvalue weighted by Gasteiger charge is 2.26. The molecule has 0 unspecified atom stereocenters. The van der Waals surface area contributed by atoms with E-state index in [1.807, 2.05) is 24.3 Å². The van der Waals surface area contributed by atoms with Crippen molar-refractivity contribution < 1.29 is 4.74 Å². The summed E-state index contributed by atoms with van der Waals surface area (Å²) < 4.78 is 7.29. The van der Waals surface area contributed by atoms with Gasteiger partial charge in [-0.05, 0) is 30.3 Å². The van der Waals surface area contributed by atoms with E-state index >= 15 is 0 Å². The van der Waals surface area contributed by atoms with Gasteiger partial charge in [-0.25, -0.2) is 4.68 Å². The SMILES string of the molecule is COc1ccc(-n2nc(C(C)(C)C)cc2C(C)(C)C)cc1. The zero-order chi connectivity index (χ0) is 15.8. The largest absolute Gasteiger partial charge is 0.497 e. The monoisotopic (exact) mass is 286 g/mol. The van der Waals surface area contributed by atoms with Crippen LogP contribution in [-0.2, 0) is 10.8 Å². The molecule has 2 aromatic rings. The van der Waals surface area contributed by atoms with Crippen LogP contribution in [0.5, 0.6) is 5.75 Å². The van der Waals surface area contributed by atoms with Crippen LogP contribution in [-0.4, -0.2) is 16.9 Å². The maximum Gasteiger partial charge on any atom is 0.119 e. The first-order valence-corrected chi connectivity index (χ1v) is 7.38. The molecule has 1 heterocycles. The van der Waals surface area contributed by atoms with Crippen LogP contribution in [0, 0.1) is 0 Å². The predicted octanol–water partition coefficient (Wildman–Crippen LogP) is 4.48. The lowest BCUT2D eigenvalue weighted by atomic mass is 9.88. The molecule has 0 fully saturated rings. The van der Waals surface area contributed by atoms with Gasteiger partial charge in [-0.3, -0.25) is 0 Å². The van der Waals surface area contributed by atoms with E-state index in [4.69, 9.17) is 9.84 Å². The molecule has 0 spiro atoms. The van der Waals surface area contributed by atoms with Gasteiger partial charge in [0.1, 0.15) is 5.75 Å². The van der Waals surface area contributed by atoms with E-state index in [0.29, 0.717) is 0 Å². The molecule has 0 N–H and O–H groups in total. The first-order chi connectivity index (χ1) is 9.63. The molecule has 114 valence electrons. The average Bonchev–Trinajstić information content (AvgIpc) is 2.83. The first kappa shape index (κ1) is 15.6. The van der Waals surface area contributed by atoms with E-state index in [2.05, 4.69) is 52.3 Å². The number of hydrogen-bond donors (Lipinski definition) is 0. The minimum Gasteiger partial charge on any atom is -0.497 e. The highest BCUT2D eigenvalue weighted by atomic mass is 16.5. The fourth-order valence-electron chi connectivity index (χ4n) is 2.20. The third-order valence-electron chi connectivity index (χ3n) is 3.56. The molecule has 0 atom stereocenters. The van der Waals surface area contributed by atoms with Crippen molar-refractivity contribution in [1.82, 2.24) is 9.78 Å². The van der Waals surface area contributed by atoms with Gasteiger partial charge in [0.2, 0.25) is 0 Å². The number of benzene rings is 1. The Morgan fingerprint density at radius 3 is 1.90 bits per heavy atom. The molecule has 3 heteroatoms. The van der Waals surface area contributed by atoms with Crippen molar-refractivity contribution in [3.63, 3.8) is 0 Å². The van der Waals surface area contributed by atoms with E-state index in [0.717, 1.165) is 17.1 Å². The van der Waals surface area contributed by atoms with E-state index in [9.17, 15) is 0 Å². The standard InChI is InChI=1S/C18H26N2O/c1-17(2,3)15-12-16(18(4,5)6)20(19-15)13-8-10-14(21-7)11-9-13/h8-12H,1-7H3. The molecule has 0 amide bonds. The number of ether oxygens (including phenoxy) is 1. The third-order valence-corrected chi connectivity index (χ3v) is 3.56. The zero-order valence-electron chi connectivity index (χ0n) is 14.2. The quantitative estimate of drug-likeness (QED) is 0.814. The smallest absolute Gasteiger partial charge is 0.119 e. The lowest BCUT2D eigenvalue weighted by Gasteiger charge is -2.20. The van der Waals surface area contributed by atoms with Crippen molar-refractivity contribution >= 4 is 0 Å². The van der Waals surface area contributed by atoms with Crippen LogP contribution in [0.4, 0.5) is 0 Å². The molecule has 2 rings (SSSR count). The zero-order valence-corrected chi connectivity index (χ0v) is 14.2. The Morgan fingerprint density at radius 2 is 1.48 bits per heavy atom. The maximum absolute atomic E-state index is 5.23. The molecule has 0 aliphatic carbocycles. The Hall–Kier alpha value is -1.77. The van der Waals surface area contributed by atoms with Crippen molar-refractivity contribution in [3.8, 4) is 11.4 Å². The molecule has 0 saturated heterocycles. The minimum absolute atomic E-state index is 0.0381. The van der Waals surface area contributed by atoms with Gasteiger partial charge in [-0.15, -0.1) is 0 Å². The summed E-state index contributed by atoms with van der Waals surface area (Å²) in [4.78, 5) is 0. The Balaban J connectivity index is 2.57. The molecule has 0 aliphatic rings. The van der Waals surface area contributed by atoms with Gasteiger partial charge in [0.15, 0.2) is 0 Å². The molecular formula is C18H26N2O. The highest BCUT2D eigenvalue weighted by Crippen LogP contribution is 2.30. The van der Waals surface area contributed by atoms with Crippen LogP contribution < -0.4 is 4.74 Å². The van der Waals surface area contributed by atoms with E-state index in [1.54, 1.807) is 7.11 Å². The summed E-state index contributed by atoms with van der Waals surface area (Å²) in [6.45, 7) is 13.2. The lowest BCUT2D eigenvalue weighted by Crippen LogP contribution is -2.17. The average molecular weight is 286 g/mol. The van der Waals surface area contributed by atoms with Gasteiger partial charge in [0, 0.05) is 16.5 Å². The molecule has 0 saturated carbocycles. The van der Waals surface area contributed by atoms with Gasteiger partial charge in [0.25, 0.3) is 0 Å². The number of methoxy groups -OCH3 is 1. The van der Waals surface area contributed by atoms with Crippen LogP contribution in [0.2, 0.25) is 0 Å². The van der Waals surface area contributed by atoms with E-state index in [1.165, 1.54) is 5.69 Å². The Labute approximate surface area is 127 Å². The van der Waals surface area contributed by atoms with Crippen LogP contribution in [0.3, 0.4) is 0 Å². The Bertz CT molecular complexity index is 610. The molecular weight excluding hydrogens is 260 g/mol. The molecule has 0 radical (unpaired) electrons. The van der Waals surface area contributed by atoms with Crippen molar-refractivity contribution in [2.45, 2.75) is 52.4 Å². The van der Waals surface area contributed by atoms with Gasteiger partial charge >= 0.3 is 0 Å². The molecule has 0 aliphatic heterocycles. The second-order valence-electron chi connectivity index (χ2n) is 7.52. The van der Waals surface area contributed by atoms with Gasteiger partial charge in [-0.2, -0.15) is 5.10 Å². The molecule has 21 heavy (non-hydrogen) atoms. The Kier molecular flexibility index (Phi) is 3.87. The fourth-order valence-corrected chi connectivity index (χ4v) is 2.20. The van der Waals surface area contributed by atoms with Gasteiger partial charge in [-0.1, -0.05) is 41.5 Å². The van der Waals surface area contributed by atoms with Crippen LogP contribution in [0.25, 0.3) is 5.69 Å². The summed E-state index contributed by atoms with van der Waals surface area (Å²) in [6, 6.07) is 10.3. The molecule has 0 bridgehead atoms. The normalized spacial score (nSPS) is 12.5.